The molecule has 1 unspecified atom stereocenters. The van der Waals surface area contributed by atoms with E-state index in [4.69, 9.17) is 14.2 Å². The number of aliphatic hydroxyl groups is 1. The Hall–Kier alpha value is -3.85. The molecule has 0 spiro atoms. The number of ether oxygens (including phenoxy) is 3. The second kappa shape index (κ2) is 12.6. The molecular formula is C29H32N2O6S. The van der Waals surface area contributed by atoms with Crippen molar-refractivity contribution in [3.05, 3.63) is 70.7 Å². The molecule has 1 aliphatic rings. The molecule has 2 aromatic carbocycles. The van der Waals surface area contributed by atoms with Crippen molar-refractivity contribution in [3.63, 3.8) is 0 Å². The Morgan fingerprint density at radius 1 is 0.974 bits per heavy atom. The van der Waals surface area contributed by atoms with Crippen molar-refractivity contribution in [2.24, 2.45) is 0 Å². The van der Waals surface area contributed by atoms with Crippen LogP contribution in [0.15, 0.2) is 59.6 Å². The molecule has 2 heterocycles. The van der Waals surface area contributed by atoms with Gasteiger partial charge in [0.15, 0.2) is 16.6 Å². The summed E-state index contributed by atoms with van der Waals surface area (Å²) >= 11 is 1.24. The number of carbonyl (C=O) groups excluding carboxylic acids is 2. The van der Waals surface area contributed by atoms with Gasteiger partial charge >= 0.3 is 5.91 Å². The molecular weight excluding hydrogens is 504 g/mol. The van der Waals surface area contributed by atoms with Gasteiger partial charge in [-0.2, -0.15) is 0 Å². The molecule has 9 heteroatoms. The van der Waals surface area contributed by atoms with Gasteiger partial charge in [-0.05, 0) is 62.2 Å². The van der Waals surface area contributed by atoms with Crippen molar-refractivity contribution in [3.8, 4) is 17.2 Å². The third-order valence-corrected chi connectivity index (χ3v) is 6.87. The molecule has 0 aliphatic carbocycles. The van der Waals surface area contributed by atoms with E-state index in [1.54, 1.807) is 54.0 Å². The van der Waals surface area contributed by atoms with Crippen LogP contribution in [0.25, 0.3) is 5.76 Å². The van der Waals surface area contributed by atoms with E-state index < -0.39 is 17.7 Å². The van der Waals surface area contributed by atoms with E-state index in [1.807, 2.05) is 13.8 Å². The molecule has 1 atom stereocenters. The molecule has 200 valence electrons. The second-order valence-corrected chi connectivity index (χ2v) is 9.51. The third kappa shape index (κ3) is 5.67. The Balaban J connectivity index is 1.80. The van der Waals surface area contributed by atoms with E-state index >= 15 is 0 Å². The van der Waals surface area contributed by atoms with Crippen LogP contribution in [0, 0.1) is 0 Å². The molecule has 3 aromatic rings. The van der Waals surface area contributed by atoms with Crippen LogP contribution in [0.3, 0.4) is 0 Å². The number of aromatic nitrogens is 1. The van der Waals surface area contributed by atoms with Crippen molar-refractivity contribution in [1.82, 2.24) is 4.98 Å². The molecule has 4 rings (SSSR count). The van der Waals surface area contributed by atoms with Gasteiger partial charge in [-0.3, -0.25) is 14.5 Å². The predicted octanol–water partition coefficient (Wildman–Crippen LogP) is 6.14. The monoisotopic (exact) mass is 536 g/mol. The summed E-state index contributed by atoms with van der Waals surface area (Å²) in [6.45, 7) is 7.36. The number of thiazole rings is 1. The Morgan fingerprint density at radius 3 is 2.39 bits per heavy atom. The highest BCUT2D eigenvalue weighted by molar-refractivity contribution is 7.14. The minimum absolute atomic E-state index is 0.0200. The summed E-state index contributed by atoms with van der Waals surface area (Å²) in [5.41, 5.74) is 0.973. The van der Waals surface area contributed by atoms with Gasteiger partial charge in [0, 0.05) is 17.1 Å². The molecule has 8 nitrogen and oxygen atoms in total. The van der Waals surface area contributed by atoms with Crippen LogP contribution in [0.2, 0.25) is 0 Å². The first-order valence-corrected chi connectivity index (χ1v) is 13.7. The van der Waals surface area contributed by atoms with Gasteiger partial charge in [0.25, 0.3) is 5.78 Å². The largest absolute Gasteiger partial charge is 0.507 e. The molecule has 1 aliphatic heterocycles. The molecule has 1 amide bonds. The van der Waals surface area contributed by atoms with Crippen LogP contribution in [0.4, 0.5) is 5.13 Å². The van der Waals surface area contributed by atoms with E-state index in [0.717, 1.165) is 19.3 Å². The SMILES string of the molecule is CCCCCOc1ccc(C2C(=C(O)c3ccc(OCC)cc3)C(=O)C(=O)N2c2nccs2)cc1OCC. The first-order valence-electron chi connectivity index (χ1n) is 12.8. The summed E-state index contributed by atoms with van der Waals surface area (Å²) in [6, 6.07) is 11.2. The molecule has 0 bridgehead atoms. The van der Waals surface area contributed by atoms with E-state index in [1.165, 1.54) is 16.2 Å². The topological polar surface area (TPSA) is 98.2 Å². The minimum atomic E-state index is -0.902. The molecule has 1 saturated heterocycles. The van der Waals surface area contributed by atoms with Crippen LogP contribution in [-0.2, 0) is 9.59 Å². The van der Waals surface area contributed by atoms with Gasteiger partial charge in [0.2, 0.25) is 0 Å². The lowest BCUT2D eigenvalue weighted by molar-refractivity contribution is -0.132. The lowest BCUT2D eigenvalue weighted by Gasteiger charge is -2.24. The lowest BCUT2D eigenvalue weighted by Crippen LogP contribution is -2.29. The van der Waals surface area contributed by atoms with Crippen molar-refractivity contribution in [2.75, 3.05) is 24.7 Å². The highest BCUT2D eigenvalue weighted by atomic mass is 32.1. The van der Waals surface area contributed by atoms with E-state index in [-0.39, 0.29) is 11.3 Å². The van der Waals surface area contributed by atoms with Crippen LogP contribution in [0.1, 0.15) is 57.2 Å². The van der Waals surface area contributed by atoms with E-state index in [0.29, 0.717) is 53.3 Å². The van der Waals surface area contributed by atoms with Crippen LogP contribution in [-0.4, -0.2) is 41.6 Å². The van der Waals surface area contributed by atoms with E-state index in [2.05, 4.69) is 11.9 Å². The fraction of sp³-hybridized carbons (Fsp3) is 0.345. The number of hydrogen-bond acceptors (Lipinski definition) is 8. The van der Waals surface area contributed by atoms with Gasteiger partial charge in [-0.1, -0.05) is 25.8 Å². The number of Topliss-reactive ketones (excluding diaryl/α,β-unsaturated/α-hetero) is 1. The van der Waals surface area contributed by atoms with Crippen LogP contribution < -0.4 is 19.1 Å². The number of amides is 1. The number of hydrogen-bond donors (Lipinski definition) is 1. The van der Waals surface area contributed by atoms with Crippen LogP contribution in [0.5, 0.6) is 17.2 Å². The minimum Gasteiger partial charge on any atom is -0.507 e. The standard InChI is InChI=1S/C29H32N2O6S/c1-4-7-8-16-37-22-14-11-20(18-23(22)36-6-3)25-24(26(32)19-9-12-21(13-10-19)35-5-2)27(33)28(34)31(25)29-30-15-17-38-29/h9-15,17-18,25,32H,4-8,16H2,1-3H3. The average Bonchev–Trinajstić information content (AvgIpc) is 3.54. The summed E-state index contributed by atoms with van der Waals surface area (Å²) in [6.07, 6.45) is 4.65. The van der Waals surface area contributed by atoms with Crippen molar-refractivity contribution in [1.29, 1.82) is 0 Å². The fourth-order valence-corrected chi connectivity index (χ4v) is 4.99. The highest BCUT2D eigenvalue weighted by Crippen LogP contribution is 2.44. The third-order valence-electron chi connectivity index (χ3n) is 6.10. The summed E-state index contributed by atoms with van der Waals surface area (Å²) in [5, 5.41) is 13.4. The van der Waals surface area contributed by atoms with Gasteiger partial charge in [-0.25, -0.2) is 4.98 Å². The zero-order chi connectivity index (χ0) is 27.1. The maximum atomic E-state index is 13.3. The predicted molar refractivity (Wildman–Crippen MR) is 147 cm³/mol. The van der Waals surface area contributed by atoms with Crippen molar-refractivity contribution < 1.29 is 28.9 Å². The molecule has 1 N–H and O–H groups in total. The van der Waals surface area contributed by atoms with Crippen LogP contribution >= 0.6 is 11.3 Å². The number of carbonyl (C=O) groups is 2. The molecule has 0 radical (unpaired) electrons. The van der Waals surface area contributed by atoms with E-state index in [9.17, 15) is 14.7 Å². The average molecular weight is 537 g/mol. The lowest BCUT2D eigenvalue weighted by atomic mass is 9.95. The number of benzene rings is 2. The first-order chi connectivity index (χ1) is 18.5. The Morgan fingerprint density at radius 2 is 1.74 bits per heavy atom. The molecule has 1 fully saturated rings. The van der Waals surface area contributed by atoms with Crippen molar-refractivity contribution in [2.45, 2.75) is 46.1 Å². The van der Waals surface area contributed by atoms with Gasteiger partial charge < -0.3 is 19.3 Å². The van der Waals surface area contributed by atoms with Gasteiger partial charge in [-0.15, -0.1) is 11.3 Å². The quantitative estimate of drug-likeness (QED) is 0.129. The number of rotatable bonds is 12. The summed E-state index contributed by atoms with van der Waals surface area (Å²) in [5.74, 6) is -0.0746. The van der Waals surface area contributed by atoms with Crippen molar-refractivity contribution >= 4 is 33.9 Å². The summed E-state index contributed by atoms with van der Waals surface area (Å²) in [7, 11) is 0. The number of ketones is 1. The second-order valence-electron chi connectivity index (χ2n) is 8.64. The molecule has 0 saturated carbocycles. The maximum absolute atomic E-state index is 13.3. The number of nitrogens with zero attached hydrogens (tertiary/aromatic N) is 2. The zero-order valence-electron chi connectivity index (χ0n) is 21.8. The Bertz CT molecular complexity index is 1290. The number of aliphatic hydroxyl groups excluding tert-OH is 1. The number of anilines is 1. The Labute approximate surface area is 226 Å². The molecule has 38 heavy (non-hydrogen) atoms. The Kier molecular flexibility index (Phi) is 9.02. The smallest absolute Gasteiger partial charge is 0.301 e. The van der Waals surface area contributed by atoms with Gasteiger partial charge in [0.1, 0.15) is 11.5 Å². The summed E-state index contributed by atoms with van der Waals surface area (Å²) in [4.78, 5) is 32.2. The first kappa shape index (κ1) is 27.2. The molecule has 1 aromatic heterocycles. The maximum Gasteiger partial charge on any atom is 0.301 e. The van der Waals surface area contributed by atoms with Gasteiger partial charge in [0.05, 0.1) is 31.4 Å². The highest BCUT2D eigenvalue weighted by Gasteiger charge is 2.48. The summed E-state index contributed by atoms with van der Waals surface area (Å²) < 4.78 is 17.3. The fourth-order valence-electron chi connectivity index (χ4n) is 4.33. The zero-order valence-corrected chi connectivity index (χ0v) is 22.6. The normalized spacial score (nSPS) is 16.6. The number of unbranched alkanes of at least 4 members (excludes halogenated alkanes) is 2.